The molecule has 0 aromatic heterocycles. The van der Waals surface area contributed by atoms with Crippen LogP contribution >= 0.6 is 0 Å². The molecule has 0 radical (unpaired) electrons. The number of halogens is 1. The molecule has 1 saturated heterocycles. The molecule has 1 saturated carbocycles. The monoisotopic (exact) mass is 514 g/mol. The smallest absolute Gasteiger partial charge is 0.140 e. The number of ether oxygens (including phenoxy) is 2. The highest BCUT2D eigenvalue weighted by atomic mass is 19.1. The van der Waals surface area contributed by atoms with Gasteiger partial charge < -0.3 is 30.2 Å². The van der Waals surface area contributed by atoms with E-state index >= 15 is 0 Å². The van der Waals surface area contributed by atoms with Crippen LogP contribution in [0, 0.1) is 11.7 Å². The van der Waals surface area contributed by atoms with Crippen molar-refractivity contribution >= 4 is 6.29 Å². The fourth-order valence-electron chi connectivity index (χ4n) is 6.11. The van der Waals surface area contributed by atoms with E-state index in [0.29, 0.717) is 56.0 Å². The summed E-state index contributed by atoms with van der Waals surface area (Å²) in [5.74, 6) is 0.242. The molecule has 5 atom stereocenters. The summed E-state index contributed by atoms with van der Waals surface area (Å²) in [6.07, 6.45) is 4.50. The highest BCUT2D eigenvalue weighted by Crippen LogP contribution is 2.46. The molecule has 0 unspecified atom stereocenters. The van der Waals surface area contributed by atoms with Crippen LogP contribution in [0.1, 0.15) is 50.5 Å². The van der Waals surface area contributed by atoms with Crippen molar-refractivity contribution in [2.24, 2.45) is 11.7 Å². The van der Waals surface area contributed by atoms with Crippen molar-refractivity contribution in [3.8, 4) is 11.5 Å². The minimum Gasteiger partial charge on any atom is -0.457 e. The minimum absolute atomic E-state index is 0.188. The maximum atomic E-state index is 13.8. The maximum absolute atomic E-state index is 13.8. The van der Waals surface area contributed by atoms with E-state index in [9.17, 15) is 19.4 Å². The third kappa shape index (κ3) is 6.04. The van der Waals surface area contributed by atoms with Crippen LogP contribution in [0.2, 0.25) is 0 Å². The largest absolute Gasteiger partial charge is 0.457 e. The highest BCUT2D eigenvalue weighted by molar-refractivity contribution is 5.65. The molecule has 2 aromatic carbocycles. The Bertz CT molecular complexity index is 1040. The summed E-state index contributed by atoms with van der Waals surface area (Å²) in [5.41, 5.74) is 4.67. The lowest BCUT2D eigenvalue weighted by Gasteiger charge is -2.47. The molecule has 1 aliphatic heterocycles. The van der Waals surface area contributed by atoms with Crippen molar-refractivity contribution in [1.29, 1.82) is 0 Å². The number of aliphatic hydroxyl groups excluding tert-OH is 1. The number of carbonyl (C=O) groups is 1. The number of methoxy groups -OCH3 is 1. The van der Waals surface area contributed by atoms with Gasteiger partial charge in [0.2, 0.25) is 0 Å². The zero-order valence-electron chi connectivity index (χ0n) is 21.5. The second-order valence-electron chi connectivity index (χ2n) is 10.6. The third-order valence-corrected chi connectivity index (χ3v) is 8.13. The van der Waals surface area contributed by atoms with E-state index in [1.165, 1.54) is 12.1 Å². The van der Waals surface area contributed by atoms with Crippen molar-refractivity contribution in [1.82, 2.24) is 4.90 Å². The van der Waals surface area contributed by atoms with Crippen molar-refractivity contribution in [2.45, 2.75) is 68.2 Å². The topological polar surface area (TPSA) is 105 Å². The summed E-state index contributed by atoms with van der Waals surface area (Å²) < 4.78 is 25.2. The lowest BCUT2D eigenvalue weighted by molar-refractivity contribution is -0.125. The number of piperidine rings is 1. The molecule has 4 rings (SSSR count). The number of aldehydes is 1. The minimum atomic E-state index is -1.25. The predicted octanol–water partition coefficient (Wildman–Crippen LogP) is 3.75. The molecule has 0 bridgehead atoms. The first-order valence-corrected chi connectivity index (χ1v) is 13.2. The third-order valence-electron chi connectivity index (χ3n) is 8.13. The van der Waals surface area contributed by atoms with Gasteiger partial charge in [-0.15, -0.1) is 0 Å². The van der Waals surface area contributed by atoms with Gasteiger partial charge >= 0.3 is 0 Å². The summed E-state index contributed by atoms with van der Waals surface area (Å²) in [7, 11) is 1.66. The molecule has 4 N–H and O–H groups in total. The SMILES string of the molecule is COCCCC[C@@](O)(c1ccccc1Oc1cccc(F)c1)[C@@H]1CCCN([C@@]2(C=O)C[C@@H](N)[C@@H](O)C2)C1. The Labute approximate surface area is 218 Å². The lowest BCUT2D eigenvalue weighted by atomic mass is 9.73. The van der Waals surface area contributed by atoms with Crippen molar-refractivity contribution in [2.75, 3.05) is 26.8 Å². The first-order chi connectivity index (χ1) is 17.8. The second kappa shape index (κ2) is 12.0. The van der Waals surface area contributed by atoms with Gasteiger partial charge in [0.15, 0.2) is 0 Å². The second-order valence-corrected chi connectivity index (χ2v) is 10.6. The Morgan fingerprint density at radius 2 is 2.03 bits per heavy atom. The summed E-state index contributed by atoms with van der Waals surface area (Å²) in [6, 6.07) is 12.9. The van der Waals surface area contributed by atoms with E-state index in [4.69, 9.17) is 15.2 Å². The summed E-state index contributed by atoms with van der Waals surface area (Å²) >= 11 is 0. The molecule has 8 heteroatoms. The number of carbonyl (C=O) groups excluding carboxylic acids is 1. The van der Waals surface area contributed by atoms with Crippen LogP contribution in [-0.4, -0.2) is 65.9 Å². The van der Waals surface area contributed by atoms with Gasteiger partial charge in [0.05, 0.1) is 17.2 Å². The van der Waals surface area contributed by atoms with Gasteiger partial charge in [0.1, 0.15) is 23.6 Å². The molecule has 2 aliphatic rings. The molecule has 7 nitrogen and oxygen atoms in total. The van der Waals surface area contributed by atoms with E-state index in [0.717, 1.165) is 32.0 Å². The predicted molar refractivity (Wildman–Crippen MR) is 139 cm³/mol. The van der Waals surface area contributed by atoms with E-state index < -0.39 is 29.1 Å². The number of hydrogen-bond donors (Lipinski definition) is 3. The van der Waals surface area contributed by atoms with Crippen LogP contribution in [0.3, 0.4) is 0 Å². The Kier molecular flexibility index (Phi) is 8.98. The zero-order valence-corrected chi connectivity index (χ0v) is 21.5. The number of likely N-dealkylation sites (tertiary alicyclic amines) is 1. The molecule has 0 amide bonds. The van der Waals surface area contributed by atoms with Gasteiger partial charge in [-0.25, -0.2) is 4.39 Å². The molecule has 202 valence electrons. The number of aliphatic hydroxyl groups is 2. The summed E-state index contributed by atoms with van der Waals surface area (Å²) in [5, 5.41) is 22.8. The first-order valence-electron chi connectivity index (χ1n) is 13.2. The van der Waals surface area contributed by atoms with Gasteiger partial charge in [0.25, 0.3) is 0 Å². The summed E-state index contributed by atoms with van der Waals surface area (Å²) in [6.45, 7) is 1.79. The Balaban J connectivity index is 1.66. The molecule has 37 heavy (non-hydrogen) atoms. The van der Waals surface area contributed by atoms with Crippen molar-refractivity contribution in [3.05, 3.63) is 59.9 Å². The number of nitrogens with zero attached hydrogens (tertiary/aromatic N) is 1. The van der Waals surface area contributed by atoms with Crippen molar-refractivity contribution in [3.63, 3.8) is 0 Å². The van der Waals surface area contributed by atoms with E-state index in [2.05, 4.69) is 4.90 Å². The standard InChI is InChI=1S/C29H39FN2O5/c1-36-15-5-4-13-29(35,24-11-2-3-12-27(24)37-23-10-6-9-22(30)16-23)21-8-7-14-32(19-21)28(20-33)17-25(31)26(34)18-28/h2-3,6,9-12,16,20-21,25-26,34-35H,4-5,7-8,13-15,17-19,31H2,1H3/t21-,25-,26+,28+,29+/m1/s1. The molecule has 2 aromatic rings. The normalized spacial score (nSPS) is 28.1. The first kappa shape index (κ1) is 27.7. The number of unbranched alkanes of at least 4 members (excludes halogenated alkanes) is 1. The van der Waals surface area contributed by atoms with Gasteiger partial charge in [-0.3, -0.25) is 4.90 Å². The average molecular weight is 515 g/mol. The quantitative estimate of drug-likeness (QED) is 0.310. The fraction of sp³-hybridized carbons (Fsp3) is 0.552. The number of rotatable bonds is 11. The molecule has 1 aliphatic carbocycles. The zero-order chi connectivity index (χ0) is 26.5. The van der Waals surface area contributed by atoms with Crippen molar-refractivity contribution < 1.29 is 28.9 Å². The number of nitrogens with two attached hydrogens (primary N) is 1. The van der Waals surface area contributed by atoms with E-state index in [1.807, 2.05) is 18.2 Å². The molecule has 0 spiro atoms. The van der Waals surface area contributed by atoms with Gasteiger partial charge in [0, 0.05) is 50.3 Å². The van der Waals surface area contributed by atoms with Crippen LogP contribution in [0.5, 0.6) is 11.5 Å². The number of hydrogen-bond acceptors (Lipinski definition) is 7. The van der Waals surface area contributed by atoms with Gasteiger partial charge in [-0.2, -0.15) is 0 Å². The van der Waals surface area contributed by atoms with Crippen LogP contribution in [0.4, 0.5) is 4.39 Å². The van der Waals surface area contributed by atoms with E-state index in [-0.39, 0.29) is 5.92 Å². The number of para-hydroxylation sites is 1. The lowest BCUT2D eigenvalue weighted by Crippen LogP contribution is -2.56. The Hall–Kier alpha value is -2.36. The van der Waals surface area contributed by atoms with Crippen LogP contribution in [-0.2, 0) is 15.1 Å². The molecular weight excluding hydrogens is 475 g/mol. The Morgan fingerprint density at radius 3 is 2.73 bits per heavy atom. The average Bonchev–Trinajstić information content (AvgIpc) is 3.21. The molecule has 2 fully saturated rings. The Morgan fingerprint density at radius 1 is 1.22 bits per heavy atom. The molecular formula is C29H39FN2O5. The van der Waals surface area contributed by atoms with Gasteiger partial charge in [-0.05, 0) is 63.3 Å². The van der Waals surface area contributed by atoms with Gasteiger partial charge in [-0.1, -0.05) is 24.3 Å². The van der Waals surface area contributed by atoms with Crippen LogP contribution in [0.15, 0.2) is 48.5 Å². The van der Waals surface area contributed by atoms with E-state index in [1.54, 1.807) is 25.3 Å². The number of benzene rings is 2. The van der Waals surface area contributed by atoms with Crippen LogP contribution in [0.25, 0.3) is 0 Å². The van der Waals surface area contributed by atoms with Crippen LogP contribution < -0.4 is 10.5 Å². The molecule has 1 heterocycles. The maximum Gasteiger partial charge on any atom is 0.140 e. The highest BCUT2D eigenvalue weighted by Gasteiger charge is 2.51. The summed E-state index contributed by atoms with van der Waals surface area (Å²) in [4.78, 5) is 14.5. The fourth-order valence-corrected chi connectivity index (χ4v) is 6.11.